The molecule has 2 aliphatic rings. The van der Waals surface area contributed by atoms with Gasteiger partial charge in [-0.1, -0.05) is 35.9 Å². The first-order chi connectivity index (χ1) is 21.9. The van der Waals surface area contributed by atoms with Gasteiger partial charge in [-0.15, -0.1) is 0 Å². The Hall–Kier alpha value is -4.99. The van der Waals surface area contributed by atoms with Crippen LogP contribution in [-0.2, 0) is 25.5 Å². The molecular weight excluding hydrogens is 627 g/mol. The Balaban J connectivity index is 1.33. The first-order valence-electron chi connectivity index (χ1n) is 14.1. The number of nitriles is 1. The zero-order valence-electron chi connectivity index (χ0n) is 23.9. The number of pyridine rings is 1. The van der Waals surface area contributed by atoms with E-state index in [-0.39, 0.29) is 30.6 Å². The summed E-state index contributed by atoms with van der Waals surface area (Å²) in [6.07, 6.45) is -5.43. The largest absolute Gasteiger partial charge is 0.494 e. The Kier molecular flexibility index (Phi) is 6.63. The van der Waals surface area contributed by atoms with Crippen molar-refractivity contribution in [2.45, 2.75) is 43.2 Å². The van der Waals surface area contributed by atoms with Crippen LogP contribution in [0.1, 0.15) is 36.5 Å². The number of aromatic nitrogens is 2. The first kappa shape index (κ1) is 29.7. The second-order valence-electron chi connectivity index (χ2n) is 11.4. The molecule has 2 bridgehead atoms. The van der Waals surface area contributed by atoms with Crippen molar-refractivity contribution in [1.29, 1.82) is 5.26 Å². The average molecular weight is 650 g/mol. The van der Waals surface area contributed by atoms with Crippen molar-refractivity contribution in [1.82, 2.24) is 9.55 Å². The summed E-state index contributed by atoms with van der Waals surface area (Å²) < 4.78 is 58.5. The summed E-state index contributed by atoms with van der Waals surface area (Å²) in [6.45, 7) is 1.37. The number of hydrogen-bond donors (Lipinski definition) is 2. The lowest BCUT2D eigenvalue weighted by molar-refractivity contribution is -0.211. The number of halogens is 4. The zero-order chi connectivity index (χ0) is 32.6. The number of aromatic hydroxyl groups is 2. The monoisotopic (exact) mass is 649 g/mol. The average Bonchev–Trinajstić information content (AvgIpc) is 3.57. The Labute approximate surface area is 263 Å². The van der Waals surface area contributed by atoms with E-state index in [1.807, 2.05) is 0 Å². The highest BCUT2D eigenvalue weighted by Gasteiger charge is 2.68. The van der Waals surface area contributed by atoms with Crippen molar-refractivity contribution in [3.63, 3.8) is 0 Å². The molecule has 4 heterocycles. The van der Waals surface area contributed by atoms with Crippen molar-refractivity contribution in [3.05, 3.63) is 88.6 Å². The first-order valence-corrected chi connectivity index (χ1v) is 14.5. The molecule has 13 heteroatoms. The molecule has 46 heavy (non-hydrogen) atoms. The van der Waals surface area contributed by atoms with E-state index in [4.69, 9.17) is 25.8 Å². The Morgan fingerprint density at radius 1 is 1.11 bits per heavy atom. The number of ether oxygens (including phenoxy) is 3. The van der Waals surface area contributed by atoms with Gasteiger partial charge in [0.2, 0.25) is 11.8 Å². The summed E-state index contributed by atoms with van der Waals surface area (Å²) in [6, 6.07) is 18.9. The molecule has 2 aliphatic heterocycles. The summed E-state index contributed by atoms with van der Waals surface area (Å²) >= 11 is 6.10. The van der Waals surface area contributed by atoms with Crippen LogP contribution in [0, 0.1) is 11.3 Å². The summed E-state index contributed by atoms with van der Waals surface area (Å²) in [7, 11) is 0. The van der Waals surface area contributed by atoms with Crippen LogP contribution in [0.15, 0.2) is 66.9 Å². The molecular formula is C33H23ClF3N3O6. The molecule has 9 nitrogen and oxygen atoms in total. The smallest absolute Gasteiger partial charge is 0.490 e. The zero-order valence-corrected chi connectivity index (χ0v) is 24.7. The second kappa shape index (κ2) is 10.3. The molecule has 2 aromatic heterocycles. The van der Waals surface area contributed by atoms with E-state index in [0.29, 0.717) is 43.7 Å². The third-order valence-corrected chi connectivity index (χ3v) is 9.02. The third kappa shape index (κ3) is 4.34. The van der Waals surface area contributed by atoms with Crippen molar-refractivity contribution in [2.75, 3.05) is 6.61 Å². The summed E-state index contributed by atoms with van der Waals surface area (Å²) in [5.41, 5.74) is -1.85. The van der Waals surface area contributed by atoms with Crippen LogP contribution in [0.5, 0.6) is 17.5 Å². The standard InChI is InChI=1S/C33H23ClF3N3O6/c1-31-25(45-30(43)33(35,36)37)15-32(46-31,11-13-44-24-10-12-39-22-14-18(34)7-8-21(22)24)27-26(31)28(41)40(29(27)42)23-9-6-17(16-38)19-4-2-3-5-20(19)23/h2-10,12,14,25,41-42H,11,13,15H2,1H3/t25?,31-,32+/m0/s1. The highest BCUT2D eigenvalue weighted by Crippen LogP contribution is 2.66. The molecule has 0 saturated carbocycles. The molecule has 0 radical (unpaired) electrons. The van der Waals surface area contributed by atoms with Crippen molar-refractivity contribution in [2.24, 2.45) is 0 Å². The lowest BCUT2D eigenvalue weighted by atomic mass is 9.76. The molecule has 1 unspecified atom stereocenters. The van der Waals surface area contributed by atoms with Crippen LogP contribution in [0.25, 0.3) is 27.4 Å². The normalized spacial score (nSPS) is 21.8. The summed E-state index contributed by atoms with van der Waals surface area (Å²) in [5, 5.41) is 35.3. The van der Waals surface area contributed by atoms with E-state index in [9.17, 15) is 33.4 Å². The van der Waals surface area contributed by atoms with Crippen molar-refractivity contribution >= 4 is 39.2 Å². The third-order valence-electron chi connectivity index (χ3n) is 8.78. The van der Waals surface area contributed by atoms with Crippen LogP contribution in [-0.4, -0.2) is 44.6 Å². The van der Waals surface area contributed by atoms with Crippen LogP contribution in [0.4, 0.5) is 13.2 Å². The molecule has 5 aromatic rings. The van der Waals surface area contributed by atoms with E-state index >= 15 is 0 Å². The van der Waals surface area contributed by atoms with E-state index in [1.165, 1.54) is 17.6 Å². The minimum atomic E-state index is -5.26. The van der Waals surface area contributed by atoms with Gasteiger partial charge in [-0.3, -0.25) is 9.55 Å². The Bertz CT molecular complexity index is 2130. The van der Waals surface area contributed by atoms with Gasteiger partial charge < -0.3 is 24.4 Å². The highest BCUT2D eigenvalue weighted by atomic mass is 35.5. The van der Waals surface area contributed by atoms with Gasteiger partial charge in [0.25, 0.3) is 0 Å². The van der Waals surface area contributed by atoms with E-state index in [2.05, 4.69) is 11.1 Å². The van der Waals surface area contributed by atoms with Crippen LogP contribution in [0.2, 0.25) is 5.02 Å². The number of fused-ring (bicyclic) bond motifs is 7. The molecule has 7 rings (SSSR count). The molecule has 0 spiro atoms. The molecule has 2 N–H and O–H groups in total. The van der Waals surface area contributed by atoms with Gasteiger partial charge in [0.15, 0.2) is 0 Å². The van der Waals surface area contributed by atoms with Gasteiger partial charge in [-0.05, 0) is 43.3 Å². The van der Waals surface area contributed by atoms with E-state index in [0.717, 1.165) is 0 Å². The van der Waals surface area contributed by atoms with Gasteiger partial charge in [0.1, 0.15) is 23.1 Å². The van der Waals surface area contributed by atoms with Crippen molar-refractivity contribution < 1.29 is 42.4 Å². The summed E-state index contributed by atoms with van der Waals surface area (Å²) in [5.74, 6) is -2.84. The lowest BCUT2D eigenvalue weighted by Crippen LogP contribution is -2.40. The summed E-state index contributed by atoms with van der Waals surface area (Å²) in [4.78, 5) is 16.3. The number of carbonyl (C=O) groups excluding carboxylic acids is 1. The van der Waals surface area contributed by atoms with Gasteiger partial charge in [0.05, 0.1) is 40.6 Å². The van der Waals surface area contributed by atoms with Gasteiger partial charge >= 0.3 is 12.1 Å². The van der Waals surface area contributed by atoms with Crippen LogP contribution in [0.3, 0.4) is 0 Å². The lowest BCUT2D eigenvalue weighted by Gasteiger charge is -2.30. The molecule has 1 saturated heterocycles. The molecule has 3 aromatic carbocycles. The number of carbonyl (C=O) groups is 1. The van der Waals surface area contributed by atoms with E-state index in [1.54, 1.807) is 60.8 Å². The number of nitrogens with zero attached hydrogens (tertiary/aromatic N) is 3. The fourth-order valence-corrected chi connectivity index (χ4v) is 6.97. The number of esters is 1. The number of hydrogen-bond acceptors (Lipinski definition) is 8. The van der Waals surface area contributed by atoms with Gasteiger partial charge in [-0.25, -0.2) is 4.79 Å². The molecule has 3 atom stereocenters. The van der Waals surface area contributed by atoms with Gasteiger partial charge in [0, 0.05) is 40.2 Å². The minimum Gasteiger partial charge on any atom is -0.494 e. The van der Waals surface area contributed by atoms with E-state index < -0.39 is 41.2 Å². The quantitative estimate of drug-likeness (QED) is 0.190. The fourth-order valence-electron chi connectivity index (χ4n) is 6.80. The fraction of sp³-hybridized carbons (Fsp3) is 0.242. The molecule has 234 valence electrons. The Morgan fingerprint density at radius 2 is 1.85 bits per heavy atom. The second-order valence-corrected chi connectivity index (χ2v) is 11.8. The molecule has 0 amide bonds. The molecule has 0 aliphatic carbocycles. The SMILES string of the molecule is C[C@]12O[C@](CCOc3ccnc4cc(Cl)ccc34)(CC1OC(=O)C(F)(F)F)c1c2c(O)n(-c2ccc(C#N)c3ccccc23)c1O. The predicted molar refractivity (Wildman–Crippen MR) is 159 cm³/mol. The van der Waals surface area contributed by atoms with Crippen molar-refractivity contribution in [3.8, 4) is 29.3 Å². The van der Waals surface area contributed by atoms with Crippen LogP contribution >= 0.6 is 11.6 Å². The maximum Gasteiger partial charge on any atom is 0.490 e. The maximum absolute atomic E-state index is 13.3. The minimum absolute atomic E-state index is 0.00179. The Morgan fingerprint density at radius 3 is 2.59 bits per heavy atom. The van der Waals surface area contributed by atoms with Crippen LogP contribution < -0.4 is 4.74 Å². The maximum atomic E-state index is 13.3. The predicted octanol–water partition coefficient (Wildman–Crippen LogP) is 6.90. The highest BCUT2D eigenvalue weighted by molar-refractivity contribution is 6.31. The topological polar surface area (TPSA) is 127 Å². The number of benzene rings is 3. The van der Waals surface area contributed by atoms with Gasteiger partial charge in [-0.2, -0.15) is 18.4 Å². The number of rotatable bonds is 6. The molecule has 1 fully saturated rings. The number of alkyl halides is 3.